The highest BCUT2D eigenvalue weighted by Gasteiger charge is 2.26. The van der Waals surface area contributed by atoms with Crippen molar-refractivity contribution in [2.45, 2.75) is 0 Å². The van der Waals surface area contributed by atoms with Crippen LogP contribution in [0.2, 0.25) is 0 Å². The minimum atomic E-state index is -0.814. The number of alkyl carbamates (subject to hydrolysis) is 1. The first-order chi connectivity index (χ1) is 15.0. The fourth-order valence-electron chi connectivity index (χ4n) is 3.20. The van der Waals surface area contributed by atoms with Crippen molar-refractivity contribution >= 4 is 34.8 Å². The Morgan fingerprint density at radius 3 is 2.35 bits per heavy atom. The molecule has 31 heavy (non-hydrogen) atoms. The van der Waals surface area contributed by atoms with Gasteiger partial charge in [-0.15, -0.1) is 0 Å². The second-order valence-electron chi connectivity index (χ2n) is 6.51. The first-order valence-corrected chi connectivity index (χ1v) is 9.21. The molecule has 1 aliphatic rings. The lowest BCUT2D eigenvalue weighted by molar-refractivity contribution is -0.116. The van der Waals surface area contributed by atoms with E-state index in [0.717, 1.165) is 5.39 Å². The number of fused-ring (bicyclic) bond motifs is 1. The van der Waals surface area contributed by atoms with Crippen molar-refractivity contribution in [3.63, 3.8) is 0 Å². The van der Waals surface area contributed by atoms with Crippen LogP contribution < -0.4 is 14.8 Å². The maximum Gasteiger partial charge on any atom is 0.419 e. The topological polar surface area (TPSA) is 100 Å². The van der Waals surface area contributed by atoms with Crippen LogP contribution in [0.1, 0.15) is 15.9 Å². The maximum atomic E-state index is 12.1. The molecule has 0 radical (unpaired) electrons. The fourth-order valence-corrected chi connectivity index (χ4v) is 3.20. The Hall–Kier alpha value is -4.33. The molecule has 0 unspecified atom stereocenters. The van der Waals surface area contributed by atoms with E-state index in [1.54, 1.807) is 30.3 Å². The standard InChI is InChI=1S/C23H17NO7/c1-28-19-11-13(12-20-21(25)24-23(27)31-20)7-9-18(19)30-17-10-8-16(22(26)29-2)14-5-3-4-6-15(14)17/h3-12H,1-2H3,(H,24,25,27). The molecule has 0 bridgehead atoms. The Balaban J connectivity index is 1.69. The molecule has 0 aliphatic carbocycles. The van der Waals surface area contributed by atoms with E-state index < -0.39 is 18.0 Å². The van der Waals surface area contributed by atoms with E-state index in [1.807, 2.05) is 29.6 Å². The Kier molecular flexibility index (Phi) is 5.28. The molecule has 1 heterocycles. The van der Waals surface area contributed by atoms with Crippen LogP contribution in [0.15, 0.2) is 60.4 Å². The van der Waals surface area contributed by atoms with Crippen LogP contribution in [0.5, 0.6) is 17.2 Å². The summed E-state index contributed by atoms with van der Waals surface area (Å²) in [6.45, 7) is 0. The predicted molar refractivity (Wildman–Crippen MR) is 111 cm³/mol. The molecule has 4 rings (SSSR count). The van der Waals surface area contributed by atoms with Crippen molar-refractivity contribution in [1.82, 2.24) is 5.32 Å². The molecule has 3 aromatic rings. The van der Waals surface area contributed by atoms with Gasteiger partial charge in [-0.05, 0) is 41.3 Å². The molecule has 8 heteroatoms. The third kappa shape index (κ3) is 3.91. The summed E-state index contributed by atoms with van der Waals surface area (Å²) in [6.07, 6.45) is 0.609. The number of benzene rings is 3. The van der Waals surface area contributed by atoms with Crippen LogP contribution in [0.3, 0.4) is 0 Å². The summed E-state index contributed by atoms with van der Waals surface area (Å²) < 4.78 is 21.2. The lowest BCUT2D eigenvalue weighted by atomic mass is 10.0. The van der Waals surface area contributed by atoms with Crippen molar-refractivity contribution in [2.24, 2.45) is 0 Å². The monoisotopic (exact) mass is 419 g/mol. The number of methoxy groups -OCH3 is 2. The van der Waals surface area contributed by atoms with E-state index in [2.05, 4.69) is 0 Å². The molecule has 1 saturated heterocycles. The first-order valence-electron chi connectivity index (χ1n) is 9.21. The van der Waals surface area contributed by atoms with E-state index in [-0.39, 0.29) is 5.76 Å². The van der Waals surface area contributed by atoms with Crippen molar-refractivity contribution in [3.05, 3.63) is 71.5 Å². The number of hydrogen-bond donors (Lipinski definition) is 1. The molecule has 1 N–H and O–H groups in total. The lowest BCUT2D eigenvalue weighted by Gasteiger charge is -2.14. The van der Waals surface area contributed by atoms with Crippen LogP contribution in [-0.4, -0.2) is 32.2 Å². The number of rotatable bonds is 5. The van der Waals surface area contributed by atoms with Gasteiger partial charge in [-0.3, -0.25) is 10.1 Å². The number of amides is 2. The van der Waals surface area contributed by atoms with Crippen LogP contribution in [0.4, 0.5) is 4.79 Å². The van der Waals surface area contributed by atoms with E-state index in [0.29, 0.717) is 33.8 Å². The molecular weight excluding hydrogens is 402 g/mol. The largest absolute Gasteiger partial charge is 0.493 e. The average Bonchev–Trinajstić information content (AvgIpc) is 3.10. The Morgan fingerprint density at radius 2 is 1.68 bits per heavy atom. The van der Waals surface area contributed by atoms with E-state index in [1.165, 1.54) is 20.3 Å². The highest BCUT2D eigenvalue weighted by Crippen LogP contribution is 2.37. The predicted octanol–water partition coefficient (Wildman–Crippen LogP) is 4.03. The normalized spacial score (nSPS) is 14.3. The lowest BCUT2D eigenvalue weighted by Crippen LogP contribution is -2.18. The summed E-state index contributed by atoms with van der Waals surface area (Å²) in [5.41, 5.74) is 1.01. The van der Waals surface area contributed by atoms with Gasteiger partial charge in [0, 0.05) is 5.39 Å². The summed E-state index contributed by atoms with van der Waals surface area (Å²) in [4.78, 5) is 34.9. The van der Waals surface area contributed by atoms with Gasteiger partial charge in [-0.1, -0.05) is 30.3 Å². The number of ether oxygens (including phenoxy) is 4. The molecule has 1 fully saturated rings. The fraction of sp³-hybridized carbons (Fsp3) is 0.0870. The zero-order chi connectivity index (χ0) is 22.0. The number of nitrogens with one attached hydrogen (secondary N) is 1. The summed E-state index contributed by atoms with van der Waals surface area (Å²) in [6, 6.07) is 15.7. The zero-order valence-corrected chi connectivity index (χ0v) is 16.6. The third-order valence-corrected chi connectivity index (χ3v) is 4.64. The van der Waals surface area contributed by atoms with Gasteiger partial charge in [0.15, 0.2) is 17.3 Å². The van der Waals surface area contributed by atoms with Crippen LogP contribution in [-0.2, 0) is 14.3 Å². The van der Waals surface area contributed by atoms with Gasteiger partial charge in [-0.2, -0.15) is 0 Å². The van der Waals surface area contributed by atoms with Gasteiger partial charge in [-0.25, -0.2) is 9.59 Å². The molecule has 8 nitrogen and oxygen atoms in total. The average molecular weight is 419 g/mol. The van der Waals surface area contributed by atoms with E-state index in [4.69, 9.17) is 18.9 Å². The molecule has 1 aliphatic heterocycles. The molecular formula is C23H17NO7. The minimum absolute atomic E-state index is 0.106. The van der Waals surface area contributed by atoms with Gasteiger partial charge < -0.3 is 18.9 Å². The SMILES string of the molecule is COC(=O)c1ccc(Oc2ccc(C=C3OC(=O)NC3=O)cc2OC)c2ccccc12. The summed E-state index contributed by atoms with van der Waals surface area (Å²) in [5, 5.41) is 3.46. The number of hydrogen-bond acceptors (Lipinski definition) is 7. The second kappa shape index (κ2) is 8.19. The van der Waals surface area contributed by atoms with Crippen molar-refractivity contribution in [1.29, 1.82) is 0 Å². The first kappa shape index (κ1) is 20.0. The quantitative estimate of drug-likeness (QED) is 0.492. The van der Waals surface area contributed by atoms with Gasteiger partial charge in [0.2, 0.25) is 0 Å². The number of imide groups is 1. The molecule has 2 amide bonds. The van der Waals surface area contributed by atoms with Crippen molar-refractivity contribution in [3.8, 4) is 17.2 Å². The van der Waals surface area contributed by atoms with Crippen LogP contribution in [0, 0.1) is 0 Å². The summed E-state index contributed by atoms with van der Waals surface area (Å²) in [5.74, 6) is 0.200. The molecule has 0 atom stereocenters. The van der Waals surface area contributed by atoms with Gasteiger partial charge in [0.1, 0.15) is 5.75 Å². The summed E-state index contributed by atoms with van der Waals surface area (Å²) in [7, 11) is 2.82. The number of esters is 1. The highest BCUT2D eigenvalue weighted by atomic mass is 16.6. The summed E-state index contributed by atoms with van der Waals surface area (Å²) >= 11 is 0. The molecule has 3 aromatic carbocycles. The Bertz CT molecular complexity index is 1250. The number of cyclic esters (lactones) is 1. The van der Waals surface area contributed by atoms with Gasteiger partial charge in [0.05, 0.1) is 19.8 Å². The van der Waals surface area contributed by atoms with E-state index >= 15 is 0 Å². The molecule has 0 aromatic heterocycles. The van der Waals surface area contributed by atoms with Gasteiger partial charge in [0.25, 0.3) is 5.91 Å². The maximum absolute atomic E-state index is 12.1. The van der Waals surface area contributed by atoms with Crippen LogP contribution in [0.25, 0.3) is 16.8 Å². The zero-order valence-electron chi connectivity index (χ0n) is 16.6. The molecule has 0 spiro atoms. The smallest absolute Gasteiger partial charge is 0.419 e. The van der Waals surface area contributed by atoms with Crippen LogP contribution >= 0.6 is 0 Å². The van der Waals surface area contributed by atoms with Crippen molar-refractivity contribution < 1.29 is 33.3 Å². The molecule has 0 saturated carbocycles. The Labute approximate surface area is 177 Å². The number of carbonyl (C=O) groups excluding carboxylic acids is 3. The van der Waals surface area contributed by atoms with Gasteiger partial charge >= 0.3 is 12.1 Å². The Morgan fingerprint density at radius 1 is 0.935 bits per heavy atom. The minimum Gasteiger partial charge on any atom is -0.493 e. The van der Waals surface area contributed by atoms with Crippen molar-refractivity contribution in [2.75, 3.05) is 14.2 Å². The molecule has 156 valence electrons. The highest BCUT2D eigenvalue weighted by molar-refractivity contribution is 6.10. The second-order valence-corrected chi connectivity index (χ2v) is 6.51. The van der Waals surface area contributed by atoms with E-state index in [9.17, 15) is 14.4 Å². The number of carbonyl (C=O) groups is 3. The third-order valence-electron chi connectivity index (χ3n) is 4.64.